The van der Waals surface area contributed by atoms with Crippen molar-refractivity contribution in [2.24, 2.45) is 11.8 Å². The van der Waals surface area contributed by atoms with Crippen LogP contribution in [0.2, 0.25) is 0 Å². The second-order valence-electron chi connectivity index (χ2n) is 4.53. The van der Waals surface area contributed by atoms with Crippen molar-refractivity contribution in [1.82, 2.24) is 0 Å². The molecule has 80 valence electrons. The van der Waals surface area contributed by atoms with Crippen molar-refractivity contribution < 1.29 is 9.59 Å². The highest BCUT2D eigenvalue weighted by molar-refractivity contribution is 6.07. The number of benzene rings is 1. The van der Waals surface area contributed by atoms with Crippen molar-refractivity contribution >= 4 is 11.6 Å². The van der Waals surface area contributed by atoms with Gasteiger partial charge < -0.3 is 0 Å². The van der Waals surface area contributed by atoms with Gasteiger partial charge in [0, 0.05) is 11.8 Å². The van der Waals surface area contributed by atoms with Crippen LogP contribution in [-0.2, 0) is 22.4 Å². The molecular weight excluding hydrogens is 200 g/mol. The molecule has 2 heteroatoms. The van der Waals surface area contributed by atoms with Crippen molar-refractivity contribution in [3.63, 3.8) is 0 Å². The van der Waals surface area contributed by atoms with Crippen molar-refractivity contribution in [2.45, 2.75) is 12.8 Å². The molecule has 0 saturated carbocycles. The van der Waals surface area contributed by atoms with Gasteiger partial charge in [0.1, 0.15) is 0 Å². The Bertz CT molecular complexity index is 454. The summed E-state index contributed by atoms with van der Waals surface area (Å²) >= 11 is 0. The first-order valence-corrected chi connectivity index (χ1v) is 5.58. The average molecular weight is 212 g/mol. The Kier molecular flexibility index (Phi) is 2.03. The van der Waals surface area contributed by atoms with E-state index in [0.29, 0.717) is 0 Å². The molecule has 2 atom stereocenters. The number of allylic oxidation sites excluding steroid dienone is 2. The van der Waals surface area contributed by atoms with Crippen molar-refractivity contribution in [2.75, 3.05) is 0 Å². The molecule has 16 heavy (non-hydrogen) atoms. The highest BCUT2D eigenvalue weighted by Gasteiger charge is 2.38. The maximum atomic E-state index is 11.7. The maximum Gasteiger partial charge on any atom is 0.159 e. The van der Waals surface area contributed by atoms with E-state index in [0.717, 1.165) is 12.8 Å². The highest BCUT2D eigenvalue weighted by Crippen LogP contribution is 2.33. The fraction of sp³-hybridized carbons (Fsp3) is 0.286. The Morgan fingerprint density at radius 3 is 1.69 bits per heavy atom. The summed E-state index contributed by atoms with van der Waals surface area (Å²) in [5, 5.41) is 0. The van der Waals surface area contributed by atoms with Crippen LogP contribution in [-0.4, -0.2) is 11.6 Å². The number of carbonyl (C=O) groups excluding carboxylic acids is 2. The molecule has 0 aliphatic heterocycles. The Balaban J connectivity index is 2.04. The van der Waals surface area contributed by atoms with Crippen LogP contribution in [0.5, 0.6) is 0 Å². The van der Waals surface area contributed by atoms with Gasteiger partial charge in [0.25, 0.3) is 0 Å². The second kappa shape index (κ2) is 3.41. The zero-order chi connectivity index (χ0) is 11.1. The number of ketones is 2. The van der Waals surface area contributed by atoms with E-state index in [1.165, 1.54) is 23.3 Å². The lowest BCUT2D eigenvalue weighted by Crippen LogP contribution is -2.38. The molecule has 0 bridgehead atoms. The lowest BCUT2D eigenvalue weighted by molar-refractivity contribution is -0.129. The van der Waals surface area contributed by atoms with Gasteiger partial charge >= 0.3 is 0 Å². The third-order valence-electron chi connectivity index (χ3n) is 3.63. The van der Waals surface area contributed by atoms with E-state index in [2.05, 4.69) is 12.1 Å². The fourth-order valence-corrected chi connectivity index (χ4v) is 2.72. The van der Waals surface area contributed by atoms with E-state index in [9.17, 15) is 9.59 Å². The van der Waals surface area contributed by atoms with Crippen molar-refractivity contribution in [3.05, 3.63) is 47.5 Å². The Morgan fingerprint density at radius 2 is 1.25 bits per heavy atom. The molecule has 0 aromatic heterocycles. The van der Waals surface area contributed by atoms with E-state index in [4.69, 9.17) is 0 Å². The van der Waals surface area contributed by atoms with Crippen LogP contribution >= 0.6 is 0 Å². The molecule has 2 nitrogen and oxygen atoms in total. The van der Waals surface area contributed by atoms with Crippen LogP contribution < -0.4 is 0 Å². The number of hydrogen-bond donors (Lipinski definition) is 0. The standard InChI is InChI=1S/C14H12O2/c15-13-5-6-14(16)12-8-10-4-2-1-3-9(10)7-11(12)13/h1-6,11-12H,7-8H2/t11-,12+. The monoisotopic (exact) mass is 212 g/mol. The van der Waals surface area contributed by atoms with E-state index >= 15 is 0 Å². The SMILES string of the molecule is O=C1C=CC(=O)[C@@H]2Cc3ccccc3C[C@H]12. The van der Waals surface area contributed by atoms with Crippen molar-refractivity contribution in [1.29, 1.82) is 0 Å². The minimum Gasteiger partial charge on any atom is -0.295 e. The molecule has 0 amide bonds. The van der Waals surface area contributed by atoms with E-state index in [1.54, 1.807) is 0 Å². The van der Waals surface area contributed by atoms with E-state index in [-0.39, 0.29) is 23.4 Å². The number of rotatable bonds is 0. The molecule has 0 saturated heterocycles. The summed E-state index contributed by atoms with van der Waals surface area (Å²) in [4.78, 5) is 23.5. The zero-order valence-corrected chi connectivity index (χ0v) is 8.85. The first-order chi connectivity index (χ1) is 7.75. The smallest absolute Gasteiger partial charge is 0.159 e. The summed E-state index contributed by atoms with van der Waals surface area (Å²) in [7, 11) is 0. The number of fused-ring (bicyclic) bond motifs is 2. The summed E-state index contributed by atoms with van der Waals surface area (Å²) in [6.07, 6.45) is 4.32. The van der Waals surface area contributed by atoms with Crippen LogP contribution in [0.1, 0.15) is 11.1 Å². The minimum atomic E-state index is -0.118. The maximum absolute atomic E-state index is 11.7. The topological polar surface area (TPSA) is 34.1 Å². The van der Waals surface area contributed by atoms with Gasteiger partial charge in [-0.2, -0.15) is 0 Å². The predicted octanol–water partition coefficient (Wildman–Crippen LogP) is 1.73. The molecule has 1 aromatic carbocycles. The van der Waals surface area contributed by atoms with Gasteiger partial charge in [0.2, 0.25) is 0 Å². The average Bonchev–Trinajstić information content (AvgIpc) is 2.32. The van der Waals surface area contributed by atoms with E-state index < -0.39 is 0 Å². The lowest BCUT2D eigenvalue weighted by Gasteiger charge is -2.31. The van der Waals surface area contributed by atoms with Gasteiger partial charge in [-0.25, -0.2) is 0 Å². The number of hydrogen-bond acceptors (Lipinski definition) is 2. The van der Waals surface area contributed by atoms with Gasteiger partial charge in [0.05, 0.1) is 0 Å². The highest BCUT2D eigenvalue weighted by atomic mass is 16.1. The van der Waals surface area contributed by atoms with Crippen LogP contribution in [0, 0.1) is 11.8 Å². The molecular formula is C14H12O2. The third kappa shape index (κ3) is 1.33. The van der Waals surface area contributed by atoms with Gasteiger partial charge in [0.15, 0.2) is 11.6 Å². The van der Waals surface area contributed by atoms with Crippen LogP contribution in [0.4, 0.5) is 0 Å². The molecule has 0 N–H and O–H groups in total. The first-order valence-electron chi connectivity index (χ1n) is 5.58. The molecule has 0 fully saturated rings. The Morgan fingerprint density at radius 1 is 0.812 bits per heavy atom. The molecule has 1 aromatic rings. The molecule has 2 aliphatic rings. The summed E-state index contributed by atoms with van der Waals surface area (Å²) in [6, 6.07) is 8.09. The number of carbonyl (C=O) groups is 2. The molecule has 2 aliphatic carbocycles. The third-order valence-corrected chi connectivity index (χ3v) is 3.63. The molecule has 0 spiro atoms. The molecule has 0 radical (unpaired) electrons. The normalized spacial score (nSPS) is 27.5. The van der Waals surface area contributed by atoms with Gasteiger partial charge in [-0.15, -0.1) is 0 Å². The quantitative estimate of drug-likeness (QED) is 0.656. The van der Waals surface area contributed by atoms with Crippen molar-refractivity contribution in [3.8, 4) is 0 Å². The lowest BCUT2D eigenvalue weighted by atomic mass is 9.70. The Labute approximate surface area is 94.0 Å². The van der Waals surface area contributed by atoms with Gasteiger partial charge in [-0.1, -0.05) is 24.3 Å². The zero-order valence-electron chi connectivity index (χ0n) is 8.85. The summed E-state index contributed by atoms with van der Waals surface area (Å²) in [5.41, 5.74) is 2.44. The first kappa shape index (κ1) is 9.52. The summed E-state index contributed by atoms with van der Waals surface area (Å²) < 4.78 is 0. The predicted molar refractivity (Wildman–Crippen MR) is 60.0 cm³/mol. The minimum absolute atomic E-state index is 0.110. The Hall–Kier alpha value is -1.70. The molecule has 3 rings (SSSR count). The van der Waals surface area contributed by atoms with Crippen LogP contribution in [0.25, 0.3) is 0 Å². The molecule has 0 heterocycles. The largest absolute Gasteiger partial charge is 0.295 e. The van der Waals surface area contributed by atoms with E-state index in [1.807, 2.05) is 12.1 Å². The summed E-state index contributed by atoms with van der Waals surface area (Å²) in [5.74, 6) is -0.0157. The van der Waals surface area contributed by atoms with Crippen LogP contribution in [0.15, 0.2) is 36.4 Å². The van der Waals surface area contributed by atoms with Gasteiger partial charge in [-0.3, -0.25) is 9.59 Å². The molecule has 0 unspecified atom stereocenters. The van der Waals surface area contributed by atoms with Gasteiger partial charge in [-0.05, 0) is 36.1 Å². The fourth-order valence-electron chi connectivity index (χ4n) is 2.72. The van der Waals surface area contributed by atoms with Crippen LogP contribution in [0.3, 0.4) is 0 Å². The second-order valence-corrected chi connectivity index (χ2v) is 4.53. The summed E-state index contributed by atoms with van der Waals surface area (Å²) in [6.45, 7) is 0.